The largest absolute Gasteiger partial charge is 0.383 e. The highest BCUT2D eigenvalue weighted by atomic mass is 35.5. The highest BCUT2D eigenvalue weighted by Crippen LogP contribution is 2.39. The highest BCUT2D eigenvalue weighted by Gasteiger charge is 2.40. The minimum absolute atomic E-state index is 0.0332. The molecule has 3 aromatic rings. The van der Waals surface area contributed by atoms with Crippen LogP contribution in [0.15, 0.2) is 54.1 Å². The molecule has 0 saturated heterocycles. The Labute approximate surface area is 218 Å². The predicted octanol–water partition coefficient (Wildman–Crippen LogP) is 5.81. The van der Waals surface area contributed by atoms with Crippen LogP contribution in [0.5, 0.6) is 0 Å². The maximum absolute atomic E-state index is 13.4. The summed E-state index contributed by atoms with van der Waals surface area (Å²) in [5.74, 6) is 6.12. The van der Waals surface area contributed by atoms with Crippen LogP contribution in [-0.4, -0.2) is 21.5 Å². The summed E-state index contributed by atoms with van der Waals surface area (Å²) >= 11 is 6.19. The van der Waals surface area contributed by atoms with Crippen molar-refractivity contribution in [3.05, 3.63) is 93.4 Å². The molecule has 0 saturated carbocycles. The molecule has 6 nitrogen and oxygen atoms in total. The van der Waals surface area contributed by atoms with Crippen molar-refractivity contribution >= 4 is 34.5 Å². The summed E-state index contributed by atoms with van der Waals surface area (Å²) in [5, 5.41) is 4.41. The third-order valence-corrected chi connectivity index (χ3v) is 6.99. The number of ketones is 1. The molecular formula is C29H34ClN5O. The lowest BCUT2D eigenvalue weighted by atomic mass is 9.71. The third kappa shape index (κ3) is 5.19. The van der Waals surface area contributed by atoms with Crippen molar-refractivity contribution in [2.24, 2.45) is 10.9 Å². The van der Waals surface area contributed by atoms with Crippen LogP contribution in [0, 0.1) is 6.92 Å². The molecule has 1 unspecified atom stereocenters. The van der Waals surface area contributed by atoms with E-state index >= 15 is 0 Å². The summed E-state index contributed by atoms with van der Waals surface area (Å²) in [6, 6.07) is 13.6. The second-order valence-electron chi connectivity index (χ2n) is 9.17. The second kappa shape index (κ2) is 11.0. The van der Waals surface area contributed by atoms with E-state index in [1.807, 2.05) is 70.2 Å². The minimum Gasteiger partial charge on any atom is -0.383 e. The Morgan fingerprint density at radius 2 is 1.81 bits per heavy atom. The molecule has 7 heteroatoms. The fraction of sp³-hybridized carbons (Fsp3) is 0.310. The first kappa shape index (κ1) is 27.1. The lowest BCUT2D eigenvalue weighted by Gasteiger charge is -2.31. The van der Waals surface area contributed by atoms with E-state index in [4.69, 9.17) is 28.2 Å². The Morgan fingerprint density at radius 1 is 1.14 bits per heavy atom. The van der Waals surface area contributed by atoms with Crippen molar-refractivity contribution in [1.29, 1.82) is 0 Å². The summed E-state index contributed by atoms with van der Waals surface area (Å²) in [6.45, 7) is 13.8. The third-order valence-electron chi connectivity index (χ3n) is 6.75. The first-order valence-electron chi connectivity index (χ1n) is 12.0. The number of nitrogen functional groups attached to an aromatic ring is 1. The first-order chi connectivity index (χ1) is 17.1. The number of halogens is 1. The molecule has 0 amide bonds. The number of carbonyl (C=O) groups excluding carboxylic acids is 1. The Hall–Kier alpha value is -3.51. The minimum atomic E-state index is -1.01. The van der Waals surface area contributed by atoms with Gasteiger partial charge in [-0.25, -0.2) is 9.97 Å². The fourth-order valence-corrected chi connectivity index (χ4v) is 4.91. The molecular weight excluding hydrogens is 470 g/mol. The molecule has 2 aromatic carbocycles. The maximum atomic E-state index is 13.4. The Morgan fingerprint density at radius 3 is 2.36 bits per heavy atom. The molecule has 1 aromatic heterocycles. The van der Waals surface area contributed by atoms with Crippen molar-refractivity contribution in [3.63, 3.8) is 0 Å². The molecule has 3 rings (SSSR count). The highest BCUT2D eigenvalue weighted by molar-refractivity contribution is 6.30. The molecule has 0 aliphatic carbocycles. The van der Waals surface area contributed by atoms with Gasteiger partial charge in [-0.2, -0.15) is 5.10 Å². The predicted molar refractivity (Wildman–Crippen MR) is 149 cm³/mol. The summed E-state index contributed by atoms with van der Waals surface area (Å²) in [5.41, 5.74) is 12.2. The standard InChI is InChI=1S/C29H34ClN5O/c1-7-21-16-23(30)13-14-24(21)18(4)28-33-19(5)26(27(31)34-28)29(6,25(36)8-2)22-11-9-20(10-12-22)15-17(3)35-32/h9-14,16H,4,7-8,15,32H2,1-3,5-6H3,(H2,31,33,34)/b35-17+. The zero-order valence-electron chi connectivity index (χ0n) is 21.7. The van der Waals surface area contributed by atoms with Crippen molar-refractivity contribution < 1.29 is 4.79 Å². The number of anilines is 1. The van der Waals surface area contributed by atoms with E-state index in [0.29, 0.717) is 40.5 Å². The Bertz CT molecular complexity index is 1310. The van der Waals surface area contributed by atoms with E-state index in [9.17, 15) is 4.79 Å². The number of Topliss-reactive ketones (excluding diaryl/α,β-unsaturated/α-hetero) is 1. The van der Waals surface area contributed by atoms with Gasteiger partial charge in [-0.3, -0.25) is 4.79 Å². The van der Waals surface area contributed by atoms with Crippen LogP contribution in [-0.2, 0) is 23.1 Å². The topological polar surface area (TPSA) is 107 Å². The van der Waals surface area contributed by atoms with E-state index in [-0.39, 0.29) is 11.6 Å². The van der Waals surface area contributed by atoms with Gasteiger partial charge in [0.15, 0.2) is 5.82 Å². The van der Waals surface area contributed by atoms with E-state index in [0.717, 1.165) is 34.4 Å². The van der Waals surface area contributed by atoms with Gasteiger partial charge in [-0.15, -0.1) is 0 Å². The van der Waals surface area contributed by atoms with Crippen molar-refractivity contribution in [2.75, 3.05) is 5.73 Å². The number of aryl methyl sites for hydroxylation is 2. The molecule has 0 aliphatic rings. The van der Waals surface area contributed by atoms with Gasteiger partial charge in [0.2, 0.25) is 0 Å². The molecule has 0 fully saturated rings. The summed E-state index contributed by atoms with van der Waals surface area (Å²) in [4.78, 5) is 22.8. The molecule has 4 N–H and O–H groups in total. The monoisotopic (exact) mass is 503 g/mol. The van der Waals surface area contributed by atoms with Crippen molar-refractivity contribution in [2.45, 2.75) is 59.3 Å². The number of aromatic nitrogens is 2. The quantitative estimate of drug-likeness (QED) is 0.218. The average molecular weight is 504 g/mol. The molecule has 0 spiro atoms. The lowest BCUT2D eigenvalue weighted by Crippen LogP contribution is -2.36. The van der Waals surface area contributed by atoms with Crippen LogP contribution >= 0.6 is 11.6 Å². The summed E-state index contributed by atoms with van der Waals surface area (Å²) in [6.07, 6.45) is 1.77. The number of nitrogens with two attached hydrogens (primary N) is 2. The number of benzene rings is 2. The lowest BCUT2D eigenvalue weighted by molar-refractivity contribution is -0.122. The van der Waals surface area contributed by atoms with E-state index < -0.39 is 5.41 Å². The first-order valence-corrected chi connectivity index (χ1v) is 12.4. The average Bonchev–Trinajstić information content (AvgIpc) is 2.87. The van der Waals surface area contributed by atoms with Gasteiger partial charge < -0.3 is 11.6 Å². The molecule has 1 heterocycles. The number of hydrogen-bond donors (Lipinski definition) is 2. The SMILES string of the molecule is C=C(c1nc(C)c(C(C)(C(=O)CC)c2ccc(C/C(C)=N/N)cc2)c(N)n1)c1ccc(Cl)cc1CC. The molecule has 0 radical (unpaired) electrons. The zero-order chi connectivity index (χ0) is 26.6. The normalized spacial score (nSPS) is 13.3. The summed E-state index contributed by atoms with van der Waals surface area (Å²) in [7, 11) is 0. The van der Waals surface area contributed by atoms with Gasteiger partial charge in [-0.05, 0) is 61.6 Å². The fourth-order valence-electron chi connectivity index (χ4n) is 4.71. The van der Waals surface area contributed by atoms with Gasteiger partial charge >= 0.3 is 0 Å². The van der Waals surface area contributed by atoms with Gasteiger partial charge in [-0.1, -0.05) is 62.4 Å². The Balaban J connectivity index is 2.11. The number of carbonyl (C=O) groups is 1. The van der Waals surface area contributed by atoms with Crippen molar-refractivity contribution in [1.82, 2.24) is 9.97 Å². The smallest absolute Gasteiger partial charge is 0.161 e. The van der Waals surface area contributed by atoms with E-state index in [1.165, 1.54) is 0 Å². The van der Waals surface area contributed by atoms with Gasteiger partial charge in [0.1, 0.15) is 11.6 Å². The van der Waals surface area contributed by atoms with Crippen LogP contribution in [0.1, 0.15) is 73.5 Å². The van der Waals surface area contributed by atoms with Crippen LogP contribution in [0.3, 0.4) is 0 Å². The number of hydrogen-bond acceptors (Lipinski definition) is 6. The number of hydrazone groups is 1. The van der Waals surface area contributed by atoms with Crippen LogP contribution in [0.4, 0.5) is 5.82 Å². The van der Waals surface area contributed by atoms with Gasteiger partial charge in [0.25, 0.3) is 0 Å². The van der Waals surface area contributed by atoms with Gasteiger partial charge in [0.05, 0.1) is 5.41 Å². The van der Waals surface area contributed by atoms with Crippen LogP contribution in [0.25, 0.3) is 5.57 Å². The van der Waals surface area contributed by atoms with Gasteiger partial charge in [0, 0.05) is 40.4 Å². The Kier molecular flexibility index (Phi) is 8.31. The van der Waals surface area contributed by atoms with Crippen LogP contribution in [0.2, 0.25) is 5.02 Å². The number of nitrogens with zero attached hydrogens (tertiary/aromatic N) is 3. The van der Waals surface area contributed by atoms with E-state index in [2.05, 4.69) is 23.6 Å². The molecule has 188 valence electrons. The van der Waals surface area contributed by atoms with Crippen molar-refractivity contribution in [3.8, 4) is 0 Å². The zero-order valence-corrected chi connectivity index (χ0v) is 22.4. The maximum Gasteiger partial charge on any atom is 0.161 e. The van der Waals surface area contributed by atoms with E-state index in [1.54, 1.807) is 0 Å². The molecule has 36 heavy (non-hydrogen) atoms. The summed E-state index contributed by atoms with van der Waals surface area (Å²) < 4.78 is 0. The molecule has 1 atom stereocenters. The number of rotatable bonds is 9. The molecule has 0 aliphatic heterocycles. The van der Waals surface area contributed by atoms with Crippen LogP contribution < -0.4 is 11.6 Å². The second-order valence-corrected chi connectivity index (χ2v) is 9.60. The molecule has 0 bridgehead atoms.